The van der Waals surface area contributed by atoms with E-state index in [4.69, 9.17) is 14.5 Å². The van der Waals surface area contributed by atoms with Gasteiger partial charge in [0.25, 0.3) is 5.91 Å². The smallest absolute Gasteiger partial charge is 0.413 e. The van der Waals surface area contributed by atoms with Gasteiger partial charge in [0, 0.05) is 69.0 Å². The highest BCUT2D eigenvalue weighted by Crippen LogP contribution is 2.32. The van der Waals surface area contributed by atoms with Gasteiger partial charge in [0.2, 0.25) is 5.95 Å². The Morgan fingerprint density at radius 3 is 2.60 bits per heavy atom. The standard InChI is InChI=1S/C29H32N8O4.CH4/c1-2-40-29(39)35-28-33-23-16-20(15-22(25(23)34-28)26-30-8-4-9-31-26)19-6-7-21(32-17-19)18-36-10-12-37(13-11-36)27(38)24-5-3-14-41-24;/h4,6-9,15-17,24H,2-3,5,10-14,18H2,1H3,(H2,33,34,35,39);1H4. The van der Waals surface area contributed by atoms with Crippen molar-refractivity contribution in [3.8, 4) is 22.5 Å². The van der Waals surface area contributed by atoms with Crippen molar-refractivity contribution in [3.63, 3.8) is 0 Å². The van der Waals surface area contributed by atoms with E-state index < -0.39 is 6.09 Å². The Balaban J connectivity index is 0.00000353. The second-order valence-electron chi connectivity index (χ2n) is 10.1. The van der Waals surface area contributed by atoms with Crippen LogP contribution in [0.2, 0.25) is 0 Å². The number of carbonyl (C=O) groups excluding carboxylic acids is 2. The fourth-order valence-corrected chi connectivity index (χ4v) is 5.24. The molecule has 0 aliphatic carbocycles. The van der Waals surface area contributed by atoms with Crippen molar-refractivity contribution < 1.29 is 19.1 Å². The maximum Gasteiger partial charge on any atom is 0.413 e. The summed E-state index contributed by atoms with van der Waals surface area (Å²) in [5.74, 6) is 0.928. The number of carbonyl (C=O) groups is 2. The highest BCUT2D eigenvalue weighted by Gasteiger charge is 2.30. The normalized spacial score (nSPS) is 17.2. The third-order valence-electron chi connectivity index (χ3n) is 7.32. The molecule has 2 fully saturated rings. The van der Waals surface area contributed by atoms with E-state index >= 15 is 0 Å². The molecule has 12 heteroatoms. The van der Waals surface area contributed by atoms with Gasteiger partial charge in [-0.3, -0.25) is 20.0 Å². The SMILES string of the molecule is C.CCOC(=O)Nc1nc2c(-c3ncccn3)cc(-c3ccc(CN4CCN(C(=O)C5CCCO5)CC4)nc3)cc2[nH]1. The molecule has 0 bridgehead atoms. The first-order chi connectivity index (χ1) is 20.1. The van der Waals surface area contributed by atoms with Gasteiger partial charge in [-0.25, -0.2) is 19.7 Å². The third kappa shape index (κ3) is 6.39. The van der Waals surface area contributed by atoms with Crippen LogP contribution >= 0.6 is 0 Å². The Morgan fingerprint density at radius 1 is 1.10 bits per heavy atom. The van der Waals surface area contributed by atoms with E-state index in [0.29, 0.717) is 37.6 Å². The van der Waals surface area contributed by atoms with Gasteiger partial charge in [0.15, 0.2) is 5.82 Å². The zero-order valence-electron chi connectivity index (χ0n) is 22.9. The number of pyridine rings is 1. The van der Waals surface area contributed by atoms with Crippen LogP contribution < -0.4 is 5.32 Å². The molecule has 220 valence electrons. The van der Waals surface area contributed by atoms with E-state index in [2.05, 4.69) is 30.2 Å². The Hall–Kier alpha value is -4.42. The van der Waals surface area contributed by atoms with Crippen molar-refractivity contribution in [1.82, 2.24) is 34.7 Å². The van der Waals surface area contributed by atoms with Gasteiger partial charge in [-0.1, -0.05) is 13.5 Å². The molecule has 5 heterocycles. The lowest BCUT2D eigenvalue weighted by Crippen LogP contribution is -2.51. The first-order valence-electron chi connectivity index (χ1n) is 13.9. The summed E-state index contributed by atoms with van der Waals surface area (Å²) < 4.78 is 10.6. The van der Waals surface area contributed by atoms with Gasteiger partial charge in [0.1, 0.15) is 11.6 Å². The molecule has 1 atom stereocenters. The van der Waals surface area contributed by atoms with E-state index in [0.717, 1.165) is 53.8 Å². The molecule has 2 N–H and O–H groups in total. The molecule has 2 saturated heterocycles. The van der Waals surface area contributed by atoms with Crippen LogP contribution in [0.15, 0.2) is 48.9 Å². The number of fused-ring (bicyclic) bond motifs is 1. The number of nitrogens with one attached hydrogen (secondary N) is 2. The maximum atomic E-state index is 12.6. The molecule has 12 nitrogen and oxygen atoms in total. The fraction of sp³-hybridized carbons (Fsp3) is 0.400. The summed E-state index contributed by atoms with van der Waals surface area (Å²) in [4.78, 5) is 50.1. The van der Waals surface area contributed by atoms with Crippen LogP contribution in [0.3, 0.4) is 0 Å². The Bertz CT molecular complexity index is 1510. The Labute approximate surface area is 244 Å². The van der Waals surface area contributed by atoms with Crippen molar-refractivity contribution in [2.24, 2.45) is 0 Å². The highest BCUT2D eigenvalue weighted by molar-refractivity contribution is 5.96. The molecular weight excluding hydrogens is 536 g/mol. The number of hydrogen-bond acceptors (Lipinski definition) is 9. The summed E-state index contributed by atoms with van der Waals surface area (Å²) in [6.45, 7) is 6.42. The van der Waals surface area contributed by atoms with Gasteiger partial charge in [-0.15, -0.1) is 0 Å². The van der Waals surface area contributed by atoms with Crippen molar-refractivity contribution in [2.75, 3.05) is 44.7 Å². The van der Waals surface area contributed by atoms with Gasteiger partial charge < -0.3 is 19.4 Å². The molecule has 4 aromatic rings. The number of anilines is 1. The predicted molar refractivity (Wildman–Crippen MR) is 159 cm³/mol. The molecule has 6 rings (SSSR count). The molecule has 1 aromatic carbocycles. The fourth-order valence-electron chi connectivity index (χ4n) is 5.24. The number of hydrogen-bond donors (Lipinski definition) is 2. The van der Waals surface area contributed by atoms with Crippen LogP contribution in [0.25, 0.3) is 33.5 Å². The number of benzene rings is 1. The van der Waals surface area contributed by atoms with E-state index in [-0.39, 0.29) is 32.0 Å². The van der Waals surface area contributed by atoms with E-state index in [9.17, 15) is 9.59 Å². The van der Waals surface area contributed by atoms with Gasteiger partial charge in [-0.2, -0.15) is 0 Å². The number of piperazine rings is 1. The Kier molecular flexibility index (Phi) is 9.03. The number of aromatic nitrogens is 5. The second-order valence-corrected chi connectivity index (χ2v) is 10.1. The number of ether oxygens (including phenoxy) is 2. The number of nitrogens with zero attached hydrogens (tertiary/aromatic N) is 6. The van der Waals surface area contributed by atoms with Crippen LogP contribution in [0, 0.1) is 0 Å². The average Bonchev–Trinajstić information content (AvgIpc) is 3.68. The molecule has 0 radical (unpaired) electrons. The zero-order chi connectivity index (χ0) is 28.2. The molecule has 2 aliphatic heterocycles. The van der Waals surface area contributed by atoms with E-state index in [1.165, 1.54) is 0 Å². The third-order valence-corrected chi connectivity index (χ3v) is 7.32. The molecule has 42 heavy (non-hydrogen) atoms. The quantitative estimate of drug-likeness (QED) is 0.335. The monoisotopic (exact) mass is 572 g/mol. The molecule has 0 spiro atoms. The van der Waals surface area contributed by atoms with Crippen molar-refractivity contribution >= 4 is 29.0 Å². The summed E-state index contributed by atoms with van der Waals surface area (Å²) in [7, 11) is 0. The minimum atomic E-state index is -0.583. The molecule has 0 saturated carbocycles. The van der Waals surface area contributed by atoms with Crippen molar-refractivity contribution in [2.45, 2.75) is 39.8 Å². The van der Waals surface area contributed by atoms with Crippen LogP contribution in [-0.2, 0) is 20.8 Å². The number of rotatable bonds is 7. The minimum absolute atomic E-state index is 0. The average molecular weight is 573 g/mol. The predicted octanol–water partition coefficient (Wildman–Crippen LogP) is 4.11. The van der Waals surface area contributed by atoms with Crippen molar-refractivity contribution in [3.05, 3.63) is 54.6 Å². The number of imidazole rings is 1. The summed E-state index contributed by atoms with van der Waals surface area (Å²) in [6.07, 6.45) is 6.17. The topological polar surface area (TPSA) is 138 Å². The lowest BCUT2D eigenvalue weighted by atomic mass is 10.0. The molecule has 2 amide bonds. The number of aromatic amines is 1. The van der Waals surface area contributed by atoms with Gasteiger partial charge >= 0.3 is 6.09 Å². The zero-order valence-corrected chi connectivity index (χ0v) is 22.9. The Morgan fingerprint density at radius 2 is 1.90 bits per heavy atom. The summed E-state index contributed by atoms with van der Waals surface area (Å²) >= 11 is 0. The number of H-pyrrole nitrogens is 1. The van der Waals surface area contributed by atoms with E-state index in [1.54, 1.807) is 25.4 Å². The molecule has 1 unspecified atom stereocenters. The second kappa shape index (κ2) is 13.0. The van der Waals surface area contributed by atoms with E-state index in [1.807, 2.05) is 35.4 Å². The summed E-state index contributed by atoms with van der Waals surface area (Å²) in [5, 5.41) is 2.63. The first kappa shape index (κ1) is 29.1. The van der Waals surface area contributed by atoms with Crippen LogP contribution in [0.1, 0.15) is 32.9 Å². The first-order valence-corrected chi connectivity index (χ1v) is 13.9. The minimum Gasteiger partial charge on any atom is -0.450 e. The highest BCUT2D eigenvalue weighted by atomic mass is 16.5. The molecule has 3 aromatic heterocycles. The maximum absolute atomic E-state index is 12.6. The van der Waals surface area contributed by atoms with Crippen molar-refractivity contribution in [1.29, 1.82) is 0 Å². The lowest BCUT2D eigenvalue weighted by Gasteiger charge is -2.35. The number of amides is 2. The molecule has 2 aliphatic rings. The van der Waals surface area contributed by atoms with Gasteiger partial charge in [0.05, 0.1) is 17.8 Å². The lowest BCUT2D eigenvalue weighted by molar-refractivity contribution is -0.142. The van der Waals surface area contributed by atoms with Crippen LogP contribution in [0.4, 0.5) is 10.7 Å². The summed E-state index contributed by atoms with van der Waals surface area (Å²) in [6, 6.07) is 9.78. The van der Waals surface area contributed by atoms with Crippen LogP contribution in [0.5, 0.6) is 0 Å². The van der Waals surface area contributed by atoms with Crippen LogP contribution in [-0.4, -0.2) is 92.2 Å². The largest absolute Gasteiger partial charge is 0.450 e. The molecular formula is C30H36N8O4. The summed E-state index contributed by atoms with van der Waals surface area (Å²) in [5.41, 5.74) is 4.87. The van der Waals surface area contributed by atoms with Gasteiger partial charge in [-0.05, 0) is 49.6 Å².